The molecular weight excluding hydrogens is 404 g/mol. The number of nitrogens with zero attached hydrogens (tertiary/aromatic N) is 2. The minimum Gasteiger partial charge on any atom is -0.465 e. The van der Waals surface area contributed by atoms with Crippen molar-refractivity contribution < 1.29 is 26.7 Å². The molecular formula is C19H19F2N3O4S. The van der Waals surface area contributed by atoms with Gasteiger partial charge >= 0.3 is 12.5 Å². The molecule has 1 aromatic heterocycles. The molecule has 3 rings (SSSR count). The van der Waals surface area contributed by atoms with E-state index in [9.17, 15) is 22.0 Å². The third-order valence-electron chi connectivity index (χ3n) is 4.44. The van der Waals surface area contributed by atoms with Gasteiger partial charge in [0.25, 0.3) is 0 Å². The number of hydrogen-bond donors (Lipinski definition) is 1. The van der Waals surface area contributed by atoms with Crippen LogP contribution in [-0.4, -0.2) is 31.0 Å². The monoisotopic (exact) mass is 423 g/mol. The van der Waals surface area contributed by atoms with Gasteiger partial charge in [-0.1, -0.05) is 18.2 Å². The van der Waals surface area contributed by atoms with Crippen LogP contribution in [0.15, 0.2) is 47.4 Å². The first-order chi connectivity index (χ1) is 13.7. The topological polar surface area (TPSA) is 90.3 Å². The van der Waals surface area contributed by atoms with Gasteiger partial charge in [-0.3, -0.25) is 4.57 Å². The van der Waals surface area contributed by atoms with Crippen LogP contribution < -0.4 is 4.72 Å². The smallest absolute Gasteiger partial charge is 0.337 e. The van der Waals surface area contributed by atoms with E-state index in [2.05, 4.69) is 14.4 Å². The molecule has 0 aliphatic heterocycles. The van der Waals surface area contributed by atoms with E-state index in [-0.39, 0.29) is 21.8 Å². The quantitative estimate of drug-likeness (QED) is 0.612. The summed E-state index contributed by atoms with van der Waals surface area (Å²) >= 11 is 0. The normalized spacial score (nSPS) is 13.0. The SMILES string of the molecule is COC(=O)c1ccc(C)c(S(=O)(=O)NC(C)c2nc3ccccc3n2C(F)F)c1. The summed E-state index contributed by atoms with van der Waals surface area (Å²) in [4.78, 5) is 15.8. The number of carbonyl (C=O) groups is 1. The van der Waals surface area contributed by atoms with Gasteiger partial charge in [0.05, 0.1) is 34.6 Å². The molecule has 10 heteroatoms. The standard InChI is InChI=1S/C19H19F2N3O4S/c1-11-8-9-13(18(25)28-3)10-16(11)29(26,27)23-12(2)17-22-14-6-4-5-7-15(14)24(17)19(20)21/h4-10,12,19,23H,1-3H3. The lowest BCUT2D eigenvalue weighted by atomic mass is 10.1. The molecule has 0 aliphatic rings. The van der Waals surface area contributed by atoms with Gasteiger partial charge in [0.1, 0.15) is 5.82 Å². The summed E-state index contributed by atoms with van der Waals surface area (Å²) in [5, 5.41) is 0. The highest BCUT2D eigenvalue weighted by Gasteiger charge is 2.27. The van der Waals surface area contributed by atoms with Crippen LogP contribution in [0.5, 0.6) is 0 Å². The van der Waals surface area contributed by atoms with Crippen molar-refractivity contribution in [2.75, 3.05) is 7.11 Å². The second-order valence-electron chi connectivity index (χ2n) is 6.42. The van der Waals surface area contributed by atoms with Crippen molar-refractivity contribution >= 4 is 27.0 Å². The highest BCUT2D eigenvalue weighted by Crippen LogP contribution is 2.28. The summed E-state index contributed by atoms with van der Waals surface area (Å²) in [6.45, 7) is 0.0972. The number of aryl methyl sites for hydroxylation is 1. The fourth-order valence-electron chi connectivity index (χ4n) is 3.06. The van der Waals surface area contributed by atoms with Crippen LogP contribution in [0.4, 0.5) is 8.78 Å². The van der Waals surface area contributed by atoms with Gasteiger partial charge in [-0.15, -0.1) is 0 Å². The zero-order valence-electron chi connectivity index (χ0n) is 15.9. The Hall–Kier alpha value is -2.85. The van der Waals surface area contributed by atoms with E-state index in [1.54, 1.807) is 25.1 Å². The molecule has 0 saturated carbocycles. The van der Waals surface area contributed by atoms with E-state index in [1.807, 2.05) is 0 Å². The lowest BCUT2D eigenvalue weighted by Gasteiger charge is -2.17. The van der Waals surface area contributed by atoms with Crippen LogP contribution in [0.2, 0.25) is 0 Å². The van der Waals surface area contributed by atoms with Crippen LogP contribution in [0, 0.1) is 6.92 Å². The first kappa shape index (κ1) is 20.9. The van der Waals surface area contributed by atoms with Crippen LogP contribution in [0.3, 0.4) is 0 Å². The van der Waals surface area contributed by atoms with Crippen molar-refractivity contribution in [3.05, 3.63) is 59.4 Å². The number of imidazole rings is 1. The maximum atomic E-state index is 13.6. The number of esters is 1. The van der Waals surface area contributed by atoms with E-state index in [1.165, 1.54) is 38.3 Å². The molecule has 3 aromatic rings. The molecule has 154 valence electrons. The number of sulfonamides is 1. The zero-order valence-corrected chi connectivity index (χ0v) is 16.7. The zero-order chi connectivity index (χ0) is 21.3. The number of halogens is 2. The van der Waals surface area contributed by atoms with Gasteiger partial charge < -0.3 is 4.74 Å². The van der Waals surface area contributed by atoms with E-state index in [0.29, 0.717) is 15.6 Å². The molecule has 0 radical (unpaired) electrons. The van der Waals surface area contributed by atoms with E-state index in [4.69, 9.17) is 0 Å². The predicted octanol–water partition coefficient (Wildman–Crippen LogP) is 3.57. The van der Waals surface area contributed by atoms with Crippen molar-refractivity contribution in [1.82, 2.24) is 14.3 Å². The molecule has 0 bridgehead atoms. The summed E-state index contributed by atoms with van der Waals surface area (Å²) in [7, 11) is -2.95. The van der Waals surface area contributed by atoms with Crippen molar-refractivity contribution in [2.45, 2.75) is 31.3 Å². The number of benzene rings is 2. The molecule has 1 heterocycles. The molecule has 1 atom stereocenters. The molecule has 7 nitrogen and oxygen atoms in total. The number of rotatable bonds is 6. The summed E-state index contributed by atoms with van der Waals surface area (Å²) in [5.74, 6) is -0.805. The Balaban J connectivity index is 2.01. The van der Waals surface area contributed by atoms with Gasteiger partial charge in [-0.2, -0.15) is 8.78 Å². The van der Waals surface area contributed by atoms with Crippen LogP contribution >= 0.6 is 0 Å². The van der Waals surface area contributed by atoms with Crippen LogP contribution in [-0.2, 0) is 14.8 Å². The number of hydrogen-bond acceptors (Lipinski definition) is 5. The number of nitrogens with one attached hydrogen (secondary N) is 1. The fraction of sp³-hybridized carbons (Fsp3) is 0.263. The average molecular weight is 423 g/mol. The highest BCUT2D eigenvalue weighted by molar-refractivity contribution is 7.89. The van der Waals surface area contributed by atoms with E-state index >= 15 is 0 Å². The summed E-state index contributed by atoms with van der Waals surface area (Å²) in [6, 6.07) is 9.37. The second kappa shape index (κ2) is 7.88. The largest absolute Gasteiger partial charge is 0.465 e. The van der Waals surface area contributed by atoms with Gasteiger partial charge in [0.15, 0.2) is 0 Å². The van der Waals surface area contributed by atoms with Crippen molar-refractivity contribution in [1.29, 1.82) is 0 Å². The third kappa shape index (κ3) is 3.99. The summed E-state index contributed by atoms with van der Waals surface area (Å²) < 4.78 is 60.8. The Labute approximate surface area is 166 Å². The Kier molecular flexibility index (Phi) is 5.67. The number of methoxy groups -OCH3 is 1. The number of carbonyl (C=O) groups excluding carboxylic acids is 1. The van der Waals surface area contributed by atoms with E-state index in [0.717, 1.165) is 0 Å². The molecule has 0 saturated heterocycles. The van der Waals surface area contributed by atoms with Crippen molar-refractivity contribution in [3.63, 3.8) is 0 Å². The molecule has 2 aromatic carbocycles. The molecule has 1 N–H and O–H groups in total. The molecule has 0 spiro atoms. The third-order valence-corrected chi connectivity index (χ3v) is 6.12. The minimum atomic E-state index is -4.14. The molecule has 29 heavy (non-hydrogen) atoms. The number of fused-ring (bicyclic) bond motifs is 1. The maximum absolute atomic E-state index is 13.6. The lowest BCUT2D eigenvalue weighted by molar-refractivity contribution is 0.0600. The summed E-state index contributed by atoms with van der Waals surface area (Å²) in [5.41, 5.74) is 0.982. The van der Waals surface area contributed by atoms with Gasteiger partial charge in [-0.05, 0) is 43.7 Å². The number of para-hydroxylation sites is 2. The highest BCUT2D eigenvalue weighted by atomic mass is 32.2. The number of ether oxygens (including phenoxy) is 1. The van der Waals surface area contributed by atoms with Crippen molar-refractivity contribution in [3.8, 4) is 0 Å². The Morgan fingerprint density at radius 2 is 1.90 bits per heavy atom. The molecule has 0 amide bonds. The van der Waals surface area contributed by atoms with E-state index < -0.39 is 28.6 Å². The fourth-order valence-corrected chi connectivity index (χ4v) is 4.53. The first-order valence-corrected chi connectivity index (χ1v) is 10.1. The van der Waals surface area contributed by atoms with Gasteiger partial charge in [0.2, 0.25) is 10.0 Å². The lowest BCUT2D eigenvalue weighted by Crippen LogP contribution is -2.29. The molecule has 0 fully saturated rings. The maximum Gasteiger partial charge on any atom is 0.337 e. The molecule has 0 aliphatic carbocycles. The second-order valence-corrected chi connectivity index (χ2v) is 8.10. The number of alkyl halides is 2. The minimum absolute atomic E-state index is 0.0611. The van der Waals surface area contributed by atoms with Crippen molar-refractivity contribution in [2.24, 2.45) is 0 Å². The number of aromatic nitrogens is 2. The Morgan fingerprint density at radius 3 is 2.55 bits per heavy atom. The Morgan fingerprint density at radius 1 is 1.21 bits per heavy atom. The summed E-state index contributed by atoms with van der Waals surface area (Å²) in [6.07, 6.45) is 0. The predicted molar refractivity (Wildman–Crippen MR) is 102 cm³/mol. The molecule has 1 unspecified atom stereocenters. The van der Waals surface area contributed by atoms with Gasteiger partial charge in [-0.25, -0.2) is 22.9 Å². The van der Waals surface area contributed by atoms with Crippen LogP contribution in [0.1, 0.15) is 41.3 Å². The average Bonchev–Trinajstić information content (AvgIpc) is 3.07. The van der Waals surface area contributed by atoms with Crippen LogP contribution in [0.25, 0.3) is 11.0 Å². The Bertz CT molecular complexity index is 1180. The first-order valence-electron chi connectivity index (χ1n) is 8.62. The van der Waals surface area contributed by atoms with Gasteiger partial charge in [0, 0.05) is 0 Å².